The first kappa shape index (κ1) is 10.4. The van der Waals surface area contributed by atoms with Crippen molar-refractivity contribution in [1.82, 2.24) is 0 Å². The van der Waals surface area contributed by atoms with Gasteiger partial charge in [0.1, 0.15) is 5.82 Å². The van der Waals surface area contributed by atoms with Gasteiger partial charge in [-0.2, -0.15) is 0 Å². The van der Waals surface area contributed by atoms with E-state index >= 15 is 0 Å². The Balaban J connectivity index is 2.52. The zero-order valence-corrected chi connectivity index (χ0v) is 9.26. The van der Waals surface area contributed by atoms with Crippen LogP contribution in [0.4, 0.5) is 10.1 Å². The first-order chi connectivity index (χ1) is 7.04. The van der Waals surface area contributed by atoms with Crippen LogP contribution in [0.1, 0.15) is 24.8 Å². The van der Waals surface area contributed by atoms with E-state index in [1.54, 1.807) is 6.07 Å². The average Bonchev–Trinajstić information content (AvgIpc) is 2.14. The van der Waals surface area contributed by atoms with Crippen LogP contribution in [-0.2, 0) is 5.54 Å². The van der Waals surface area contributed by atoms with E-state index in [-0.39, 0.29) is 5.82 Å². The van der Waals surface area contributed by atoms with E-state index in [2.05, 4.69) is 0 Å². The number of nitrogens with zero attached hydrogens (tertiary/aromatic N) is 1. The maximum atomic E-state index is 13.8. The maximum Gasteiger partial charge on any atom is 0.130 e. The molecule has 0 atom stereocenters. The Hall–Kier alpha value is -1.09. The molecule has 0 spiro atoms. The van der Waals surface area contributed by atoms with Gasteiger partial charge in [-0.3, -0.25) is 0 Å². The van der Waals surface area contributed by atoms with Crippen LogP contribution in [-0.4, -0.2) is 14.1 Å². The second kappa shape index (κ2) is 3.49. The zero-order chi connectivity index (χ0) is 11.1. The molecule has 1 saturated carbocycles. The Morgan fingerprint density at radius 2 is 2.00 bits per heavy atom. The van der Waals surface area contributed by atoms with Crippen LogP contribution in [0.15, 0.2) is 18.2 Å². The minimum Gasteiger partial charge on any atom is -0.377 e. The van der Waals surface area contributed by atoms with Crippen LogP contribution in [0.5, 0.6) is 0 Å². The molecule has 1 fully saturated rings. The average molecular weight is 208 g/mol. The number of benzene rings is 1. The molecule has 0 heterocycles. The molecule has 82 valence electrons. The van der Waals surface area contributed by atoms with Crippen molar-refractivity contribution in [3.8, 4) is 0 Å². The SMILES string of the molecule is CN(C)c1cccc(F)c1C1(N)CCC1. The number of nitrogens with two attached hydrogens (primary N) is 1. The topological polar surface area (TPSA) is 29.3 Å². The standard InChI is InChI=1S/C12H17FN2/c1-15(2)10-6-3-5-9(13)11(10)12(14)7-4-8-12/h3,5-6H,4,7-8,14H2,1-2H3. The van der Waals surface area contributed by atoms with E-state index < -0.39 is 5.54 Å². The monoisotopic (exact) mass is 208 g/mol. The van der Waals surface area contributed by atoms with E-state index in [0.717, 1.165) is 24.9 Å². The van der Waals surface area contributed by atoms with Crippen LogP contribution >= 0.6 is 0 Å². The number of anilines is 1. The first-order valence-corrected chi connectivity index (χ1v) is 5.30. The van der Waals surface area contributed by atoms with Gasteiger partial charge in [0.25, 0.3) is 0 Å². The highest BCUT2D eigenvalue weighted by Crippen LogP contribution is 2.43. The molecule has 0 radical (unpaired) electrons. The van der Waals surface area contributed by atoms with E-state index in [9.17, 15) is 4.39 Å². The van der Waals surface area contributed by atoms with Gasteiger partial charge >= 0.3 is 0 Å². The lowest BCUT2D eigenvalue weighted by Gasteiger charge is -2.40. The number of hydrogen-bond donors (Lipinski definition) is 1. The molecule has 0 unspecified atom stereocenters. The Morgan fingerprint density at radius 3 is 2.47 bits per heavy atom. The van der Waals surface area contributed by atoms with Gasteiger partial charge in [0.15, 0.2) is 0 Å². The molecular formula is C12H17FN2. The summed E-state index contributed by atoms with van der Waals surface area (Å²) in [6, 6.07) is 5.15. The summed E-state index contributed by atoms with van der Waals surface area (Å²) < 4.78 is 13.8. The van der Waals surface area contributed by atoms with E-state index in [1.807, 2.05) is 25.1 Å². The van der Waals surface area contributed by atoms with Crippen molar-refractivity contribution >= 4 is 5.69 Å². The highest BCUT2D eigenvalue weighted by atomic mass is 19.1. The van der Waals surface area contributed by atoms with Crippen LogP contribution < -0.4 is 10.6 Å². The zero-order valence-electron chi connectivity index (χ0n) is 9.26. The van der Waals surface area contributed by atoms with Gasteiger partial charge in [-0.15, -0.1) is 0 Å². The predicted octanol–water partition coefficient (Wildman–Crippen LogP) is 2.23. The third kappa shape index (κ3) is 1.61. The van der Waals surface area contributed by atoms with Crippen molar-refractivity contribution in [3.05, 3.63) is 29.6 Å². The molecule has 0 saturated heterocycles. The number of halogens is 1. The highest BCUT2D eigenvalue weighted by molar-refractivity contribution is 5.56. The quantitative estimate of drug-likeness (QED) is 0.807. The lowest BCUT2D eigenvalue weighted by molar-refractivity contribution is 0.246. The fraction of sp³-hybridized carbons (Fsp3) is 0.500. The lowest BCUT2D eigenvalue weighted by atomic mass is 9.72. The molecule has 0 amide bonds. The molecule has 1 aromatic carbocycles. The Morgan fingerprint density at radius 1 is 1.33 bits per heavy atom. The third-order valence-electron chi connectivity index (χ3n) is 3.22. The molecule has 0 aromatic heterocycles. The van der Waals surface area contributed by atoms with Crippen LogP contribution in [0.2, 0.25) is 0 Å². The van der Waals surface area contributed by atoms with Gasteiger partial charge < -0.3 is 10.6 Å². The molecule has 1 aliphatic rings. The largest absolute Gasteiger partial charge is 0.377 e. The molecule has 2 N–H and O–H groups in total. The minimum absolute atomic E-state index is 0.177. The van der Waals surface area contributed by atoms with Crippen LogP contribution in [0.3, 0.4) is 0 Å². The van der Waals surface area contributed by atoms with E-state index in [4.69, 9.17) is 5.73 Å². The molecule has 2 rings (SSSR count). The van der Waals surface area contributed by atoms with Crippen LogP contribution in [0.25, 0.3) is 0 Å². The predicted molar refractivity (Wildman–Crippen MR) is 60.4 cm³/mol. The highest BCUT2D eigenvalue weighted by Gasteiger charge is 2.38. The second-order valence-corrected chi connectivity index (χ2v) is 4.54. The van der Waals surface area contributed by atoms with Crippen molar-refractivity contribution in [2.45, 2.75) is 24.8 Å². The smallest absolute Gasteiger partial charge is 0.130 e. The van der Waals surface area contributed by atoms with Crippen LogP contribution in [0, 0.1) is 5.82 Å². The van der Waals surface area contributed by atoms with Gasteiger partial charge in [0.2, 0.25) is 0 Å². The maximum absolute atomic E-state index is 13.8. The molecule has 0 bridgehead atoms. The summed E-state index contributed by atoms with van der Waals surface area (Å²) in [6.45, 7) is 0. The summed E-state index contributed by atoms with van der Waals surface area (Å²) in [5, 5.41) is 0. The van der Waals surface area contributed by atoms with Crippen molar-refractivity contribution in [2.75, 3.05) is 19.0 Å². The van der Waals surface area contributed by atoms with Gasteiger partial charge in [-0.25, -0.2) is 4.39 Å². The second-order valence-electron chi connectivity index (χ2n) is 4.54. The molecule has 1 aromatic rings. The normalized spacial score (nSPS) is 18.4. The van der Waals surface area contributed by atoms with E-state index in [1.165, 1.54) is 6.07 Å². The van der Waals surface area contributed by atoms with Gasteiger partial charge in [0.05, 0.1) is 0 Å². The fourth-order valence-corrected chi connectivity index (χ4v) is 2.19. The minimum atomic E-state index is -0.440. The Kier molecular flexibility index (Phi) is 2.43. The van der Waals surface area contributed by atoms with Crippen molar-refractivity contribution in [2.24, 2.45) is 5.73 Å². The van der Waals surface area contributed by atoms with Crippen molar-refractivity contribution in [3.63, 3.8) is 0 Å². The number of hydrogen-bond acceptors (Lipinski definition) is 2. The molecule has 3 heteroatoms. The summed E-state index contributed by atoms with van der Waals surface area (Å²) >= 11 is 0. The molecule has 2 nitrogen and oxygen atoms in total. The van der Waals surface area contributed by atoms with E-state index in [0.29, 0.717) is 5.56 Å². The lowest BCUT2D eigenvalue weighted by Crippen LogP contribution is -2.45. The summed E-state index contributed by atoms with van der Waals surface area (Å²) in [7, 11) is 3.83. The third-order valence-corrected chi connectivity index (χ3v) is 3.22. The summed E-state index contributed by atoms with van der Waals surface area (Å²) in [6.07, 6.45) is 2.86. The summed E-state index contributed by atoms with van der Waals surface area (Å²) in [5.74, 6) is -0.177. The number of rotatable bonds is 2. The Labute approximate surface area is 89.9 Å². The van der Waals surface area contributed by atoms with Gasteiger partial charge in [0, 0.05) is 30.9 Å². The first-order valence-electron chi connectivity index (χ1n) is 5.30. The molecular weight excluding hydrogens is 191 g/mol. The van der Waals surface area contributed by atoms with Crippen molar-refractivity contribution in [1.29, 1.82) is 0 Å². The summed E-state index contributed by atoms with van der Waals surface area (Å²) in [4.78, 5) is 1.92. The molecule has 0 aliphatic heterocycles. The van der Waals surface area contributed by atoms with Crippen molar-refractivity contribution < 1.29 is 4.39 Å². The van der Waals surface area contributed by atoms with Gasteiger partial charge in [-0.1, -0.05) is 6.07 Å². The molecule has 15 heavy (non-hydrogen) atoms. The fourth-order valence-electron chi connectivity index (χ4n) is 2.19. The Bertz CT molecular complexity index is 370. The molecule has 1 aliphatic carbocycles. The van der Waals surface area contributed by atoms with Gasteiger partial charge in [-0.05, 0) is 31.4 Å². The summed E-state index contributed by atoms with van der Waals surface area (Å²) in [5.41, 5.74) is 7.34.